The van der Waals surface area contributed by atoms with Gasteiger partial charge >= 0.3 is 6.09 Å². The minimum atomic E-state index is -2.08. The van der Waals surface area contributed by atoms with Gasteiger partial charge in [-0.25, -0.2) is 4.79 Å². The van der Waals surface area contributed by atoms with Gasteiger partial charge in [0.25, 0.3) is 0 Å². The largest absolute Gasteiger partial charge is 0.449 e. The lowest BCUT2D eigenvalue weighted by Gasteiger charge is -2.33. The van der Waals surface area contributed by atoms with E-state index in [4.69, 9.17) is 49.1 Å². The van der Waals surface area contributed by atoms with Crippen molar-refractivity contribution in [2.24, 2.45) is 5.73 Å². The van der Waals surface area contributed by atoms with Gasteiger partial charge < -0.3 is 141 Å². The predicted molar refractivity (Wildman–Crippen MR) is 370 cm³/mol. The van der Waals surface area contributed by atoms with E-state index >= 15 is 0 Å². The highest BCUT2D eigenvalue weighted by Gasteiger charge is 2.37. The van der Waals surface area contributed by atoms with E-state index in [1.807, 2.05) is 36.4 Å². The summed E-state index contributed by atoms with van der Waals surface area (Å²) in [4.78, 5) is 135. The molecule has 38 nitrogen and oxygen atoms in total. The van der Waals surface area contributed by atoms with Gasteiger partial charge in [0.2, 0.25) is 53.2 Å². The van der Waals surface area contributed by atoms with E-state index < -0.39 is 173 Å². The standard InChI is InChI=1S/C67H109N11O27/c1-73(36-55(86)69-19-23-101-27-31-104-30-26-100-22-17-57(88)78(34-50(81)62(93)64(95)52(83)41-79)35-51(82)63(94)65(96)53(84)42-80)60(91)39-76(4)61(92)40-77(5)66(97)49(15-10-18-68)72-56(87)37-74(2)59(90)38-75(3)58(89)33-71-54(85)16-21-99-25-29-103-32-28-102-24-20-70-67(98)105-43-48-46-13-8-6-11-44(46)45-12-7-9-14-47(45)48/h6-9,11-14,48-53,62-65,79-84,93-96H,10,15-43,68H2,1-5H3,(H,69,86)(H,70,98)(H,71,85)(H,72,87)/t49?,50-,51-,52+,53+,62+,63+,64+,65+/m0/s1. The van der Waals surface area contributed by atoms with E-state index in [-0.39, 0.29) is 137 Å². The summed E-state index contributed by atoms with van der Waals surface area (Å²) in [7, 11) is 6.65. The van der Waals surface area contributed by atoms with Crippen molar-refractivity contribution in [2.45, 2.75) is 86.5 Å². The van der Waals surface area contributed by atoms with Gasteiger partial charge in [-0.1, -0.05) is 48.5 Å². The van der Waals surface area contributed by atoms with Crippen LogP contribution in [0.5, 0.6) is 0 Å². The average molecular weight is 1500 g/mol. The van der Waals surface area contributed by atoms with Crippen LogP contribution in [0.25, 0.3) is 11.1 Å². The number of hydrogen-bond donors (Lipinski definition) is 15. The number of nitrogens with two attached hydrogens (primary N) is 1. The van der Waals surface area contributed by atoms with Gasteiger partial charge in [0.1, 0.15) is 61.5 Å². The van der Waals surface area contributed by atoms with Crippen LogP contribution in [0.4, 0.5) is 4.79 Å². The Balaban J connectivity index is 1.23. The fourth-order valence-corrected chi connectivity index (χ4v) is 10.1. The third-order valence-corrected chi connectivity index (χ3v) is 16.4. The Bertz CT molecular complexity index is 2910. The number of hydrogen-bond acceptors (Lipinski definition) is 28. The zero-order chi connectivity index (χ0) is 78.0. The summed E-state index contributed by atoms with van der Waals surface area (Å²) >= 11 is 0. The first-order valence-corrected chi connectivity index (χ1v) is 34.3. The molecule has 10 amide bonds. The van der Waals surface area contributed by atoms with Crippen LogP contribution in [-0.4, -0.2) is 401 Å². The predicted octanol–water partition coefficient (Wildman–Crippen LogP) is -8.15. The first-order valence-electron chi connectivity index (χ1n) is 34.3. The molecule has 0 fully saturated rings. The summed E-state index contributed by atoms with van der Waals surface area (Å²) in [5.74, 6) is -5.76. The molecule has 0 radical (unpaired) electrons. The topological polar surface area (TPSA) is 531 Å². The van der Waals surface area contributed by atoms with Crippen LogP contribution in [0.3, 0.4) is 0 Å². The molecule has 0 saturated carbocycles. The molecule has 594 valence electrons. The van der Waals surface area contributed by atoms with Crippen LogP contribution in [0.1, 0.15) is 42.7 Å². The molecule has 0 spiro atoms. The second-order valence-electron chi connectivity index (χ2n) is 24.7. The number of aliphatic hydroxyl groups is 10. The lowest BCUT2D eigenvalue weighted by Crippen LogP contribution is -2.54. The number of ether oxygens (including phenoxy) is 7. The van der Waals surface area contributed by atoms with Crippen LogP contribution in [0.15, 0.2) is 48.5 Å². The Morgan fingerprint density at radius 3 is 1.32 bits per heavy atom. The molecule has 16 N–H and O–H groups in total. The molecular formula is C67H109N11O27. The molecule has 2 aromatic carbocycles. The molecule has 2 aromatic rings. The maximum Gasteiger partial charge on any atom is 0.407 e. The van der Waals surface area contributed by atoms with Crippen molar-refractivity contribution in [2.75, 3.05) is 206 Å². The van der Waals surface area contributed by atoms with E-state index in [0.717, 1.165) is 51.7 Å². The molecule has 0 aliphatic heterocycles. The van der Waals surface area contributed by atoms with Gasteiger partial charge in [0, 0.05) is 73.8 Å². The zero-order valence-corrected chi connectivity index (χ0v) is 60.3. The fraction of sp³-hybridized carbons (Fsp3) is 0.672. The minimum Gasteiger partial charge on any atom is -0.449 e. The molecule has 0 aromatic heterocycles. The molecule has 1 aliphatic rings. The molecule has 1 unspecified atom stereocenters. The van der Waals surface area contributed by atoms with Gasteiger partial charge in [-0.15, -0.1) is 0 Å². The number of amides is 10. The van der Waals surface area contributed by atoms with Crippen LogP contribution < -0.4 is 27.0 Å². The van der Waals surface area contributed by atoms with E-state index in [1.54, 1.807) is 0 Å². The number of alkyl carbamates (subject to hydrolysis) is 1. The number of nitrogens with zero attached hydrogens (tertiary/aromatic N) is 6. The number of fused-ring (bicyclic) bond motifs is 3. The molecule has 38 heteroatoms. The number of carbonyl (C=O) groups is 10. The molecule has 0 saturated heterocycles. The average Bonchev–Trinajstić information content (AvgIpc) is 1.62. The number of aliphatic hydroxyl groups excluding tert-OH is 10. The Kier molecular flexibility index (Phi) is 44.2. The SMILES string of the molecule is CN(CC(=O)NCCOCCOCCOCCC(=O)N(C[C@H](O)[C@@H](O)[C@H](O)[C@H](O)CO)C[C@H](O)[C@@H](O)[C@H](O)[C@H](O)CO)C(=O)CN(C)C(=O)CN(C)C(=O)C(CCCN)NC(=O)CN(C)C(=O)CN(C)C(=O)CNC(=O)CCOCCOCCOCCNC(=O)OCC1c2ccccc2-c2ccccc21. The highest BCUT2D eigenvalue weighted by atomic mass is 16.6. The van der Waals surface area contributed by atoms with E-state index in [2.05, 4.69) is 33.4 Å². The number of likely N-dealkylation sites (N-methyl/N-ethyl adjacent to an activating group) is 5. The normalized spacial score (nSPS) is 14.3. The molecule has 105 heavy (non-hydrogen) atoms. The van der Waals surface area contributed by atoms with Crippen molar-refractivity contribution in [1.82, 2.24) is 50.7 Å². The van der Waals surface area contributed by atoms with Crippen LogP contribution >= 0.6 is 0 Å². The summed E-state index contributed by atoms with van der Waals surface area (Å²) in [6, 6.07) is 15.0. The fourth-order valence-electron chi connectivity index (χ4n) is 10.1. The third kappa shape index (κ3) is 34.1. The number of carbonyl (C=O) groups excluding carboxylic acids is 10. The summed E-state index contributed by atoms with van der Waals surface area (Å²) in [5.41, 5.74) is 10.2. The van der Waals surface area contributed by atoms with Crippen molar-refractivity contribution >= 4 is 59.3 Å². The molecular weight excluding hydrogens is 1390 g/mol. The summed E-state index contributed by atoms with van der Waals surface area (Å²) in [6.45, 7) is -4.27. The van der Waals surface area contributed by atoms with Crippen LogP contribution in [-0.2, 0) is 76.3 Å². The highest BCUT2D eigenvalue weighted by molar-refractivity contribution is 5.94. The first kappa shape index (κ1) is 91.5. The summed E-state index contributed by atoms with van der Waals surface area (Å²) in [6.07, 6.45) is -16.5. The number of nitrogens with one attached hydrogen (secondary N) is 4. The van der Waals surface area contributed by atoms with Crippen molar-refractivity contribution < 1.29 is 132 Å². The van der Waals surface area contributed by atoms with E-state index in [0.29, 0.717) is 6.42 Å². The smallest absolute Gasteiger partial charge is 0.407 e. The molecule has 0 bridgehead atoms. The maximum atomic E-state index is 13.6. The molecule has 0 heterocycles. The van der Waals surface area contributed by atoms with Crippen molar-refractivity contribution in [3.8, 4) is 11.1 Å². The molecule has 9 atom stereocenters. The Hall–Kier alpha value is -7.74. The number of benzene rings is 2. The Labute approximate surface area is 609 Å². The quantitative estimate of drug-likeness (QED) is 0.0274. The monoisotopic (exact) mass is 1500 g/mol. The Morgan fingerprint density at radius 1 is 0.448 bits per heavy atom. The zero-order valence-electron chi connectivity index (χ0n) is 60.3. The highest BCUT2D eigenvalue weighted by Crippen LogP contribution is 2.44. The maximum absolute atomic E-state index is 13.6. The van der Waals surface area contributed by atoms with Gasteiger partial charge in [0.05, 0.1) is 138 Å². The van der Waals surface area contributed by atoms with Gasteiger partial charge in [-0.3, -0.25) is 43.2 Å². The third-order valence-electron chi connectivity index (χ3n) is 16.4. The summed E-state index contributed by atoms with van der Waals surface area (Å²) < 4.78 is 38.2. The van der Waals surface area contributed by atoms with E-state index in [9.17, 15) is 88.8 Å². The molecule has 3 rings (SSSR count). The number of rotatable bonds is 55. The second-order valence-corrected chi connectivity index (χ2v) is 24.7. The summed E-state index contributed by atoms with van der Waals surface area (Å²) in [5, 5.41) is 109. The second kappa shape index (κ2) is 50.7. The lowest BCUT2D eigenvalue weighted by atomic mass is 9.98. The first-order chi connectivity index (χ1) is 50.1. The van der Waals surface area contributed by atoms with Crippen molar-refractivity contribution in [3.05, 3.63) is 59.7 Å². The van der Waals surface area contributed by atoms with Gasteiger partial charge in [-0.2, -0.15) is 0 Å². The van der Waals surface area contributed by atoms with E-state index in [1.165, 1.54) is 35.2 Å². The van der Waals surface area contributed by atoms with Gasteiger partial charge in [0.15, 0.2) is 0 Å². The lowest BCUT2D eigenvalue weighted by molar-refractivity contribution is -0.149. The van der Waals surface area contributed by atoms with Crippen molar-refractivity contribution in [3.63, 3.8) is 0 Å². The van der Waals surface area contributed by atoms with Crippen molar-refractivity contribution in [1.29, 1.82) is 0 Å². The van der Waals surface area contributed by atoms with Gasteiger partial charge in [-0.05, 0) is 41.6 Å². The van der Waals surface area contributed by atoms with Crippen LogP contribution in [0.2, 0.25) is 0 Å². The molecule has 1 aliphatic carbocycles. The van der Waals surface area contributed by atoms with Crippen LogP contribution in [0, 0.1) is 0 Å². The minimum absolute atomic E-state index is 0.0152. The Morgan fingerprint density at radius 2 is 0.848 bits per heavy atom.